The highest BCUT2D eigenvalue weighted by molar-refractivity contribution is 5.76. The Kier molecular flexibility index (Phi) is 4.77. The summed E-state index contributed by atoms with van der Waals surface area (Å²) in [6.07, 6.45) is 0. The number of aryl methyl sites for hydroxylation is 1. The molecule has 0 unspecified atom stereocenters. The van der Waals surface area contributed by atoms with E-state index in [0.717, 1.165) is 32.7 Å². The van der Waals surface area contributed by atoms with Crippen LogP contribution in [0.3, 0.4) is 0 Å². The van der Waals surface area contributed by atoms with Gasteiger partial charge in [0.25, 0.3) is 5.56 Å². The van der Waals surface area contributed by atoms with Crippen LogP contribution in [0.4, 0.5) is 0 Å². The van der Waals surface area contributed by atoms with Gasteiger partial charge in [0, 0.05) is 32.7 Å². The van der Waals surface area contributed by atoms with Gasteiger partial charge in [0.1, 0.15) is 5.52 Å². The van der Waals surface area contributed by atoms with Gasteiger partial charge in [0.15, 0.2) is 0 Å². The lowest BCUT2D eigenvalue weighted by Crippen LogP contribution is -2.47. The maximum absolute atomic E-state index is 12.6. The first-order valence-electron chi connectivity index (χ1n) is 9.02. The Balaban J connectivity index is 1.39. The standard InChI is InChI=1S/C20H23N5O/c1-16-6-2-3-7-17(16)14-23-10-12-24(13-11-23)15-25-20(26)18-8-4-5-9-19(18)21-22-25/h2-9H,10-15H2,1H3. The molecule has 134 valence electrons. The summed E-state index contributed by atoms with van der Waals surface area (Å²) < 4.78 is 1.47. The summed E-state index contributed by atoms with van der Waals surface area (Å²) in [5.41, 5.74) is 3.31. The van der Waals surface area contributed by atoms with Crippen molar-refractivity contribution in [2.24, 2.45) is 0 Å². The third-order valence-corrected chi connectivity index (χ3v) is 5.08. The second-order valence-electron chi connectivity index (χ2n) is 6.87. The van der Waals surface area contributed by atoms with Crippen LogP contribution in [0.2, 0.25) is 0 Å². The molecule has 1 saturated heterocycles. The molecule has 1 aromatic heterocycles. The molecule has 26 heavy (non-hydrogen) atoms. The first kappa shape index (κ1) is 16.9. The molecule has 6 heteroatoms. The van der Waals surface area contributed by atoms with E-state index >= 15 is 0 Å². The molecule has 1 fully saturated rings. The monoisotopic (exact) mass is 349 g/mol. The van der Waals surface area contributed by atoms with Crippen molar-refractivity contribution in [3.63, 3.8) is 0 Å². The Hall–Kier alpha value is -2.57. The Morgan fingerprint density at radius 2 is 1.62 bits per heavy atom. The zero-order valence-corrected chi connectivity index (χ0v) is 15.0. The molecule has 6 nitrogen and oxygen atoms in total. The average Bonchev–Trinajstić information content (AvgIpc) is 2.67. The second kappa shape index (κ2) is 7.35. The predicted molar refractivity (Wildman–Crippen MR) is 102 cm³/mol. The van der Waals surface area contributed by atoms with E-state index in [1.807, 2.05) is 24.3 Å². The summed E-state index contributed by atoms with van der Waals surface area (Å²) in [4.78, 5) is 17.3. The van der Waals surface area contributed by atoms with Gasteiger partial charge in [-0.3, -0.25) is 14.6 Å². The van der Waals surface area contributed by atoms with E-state index in [9.17, 15) is 4.79 Å². The van der Waals surface area contributed by atoms with Gasteiger partial charge in [-0.05, 0) is 30.2 Å². The number of hydrogen-bond acceptors (Lipinski definition) is 5. The molecule has 4 rings (SSSR count). The smallest absolute Gasteiger partial charge is 0.278 e. The first-order chi connectivity index (χ1) is 12.7. The Morgan fingerprint density at radius 1 is 0.923 bits per heavy atom. The zero-order valence-electron chi connectivity index (χ0n) is 15.0. The van der Waals surface area contributed by atoms with Crippen molar-refractivity contribution in [2.45, 2.75) is 20.1 Å². The fraction of sp³-hybridized carbons (Fsp3) is 0.350. The highest BCUT2D eigenvalue weighted by atomic mass is 16.1. The summed E-state index contributed by atoms with van der Waals surface area (Å²) in [6.45, 7) is 7.47. The number of piperazine rings is 1. The van der Waals surface area contributed by atoms with Gasteiger partial charge >= 0.3 is 0 Å². The summed E-state index contributed by atoms with van der Waals surface area (Å²) >= 11 is 0. The quantitative estimate of drug-likeness (QED) is 0.720. The molecule has 0 aliphatic carbocycles. The fourth-order valence-corrected chi connectivity index (χ4v) is 3.42. The van der Waals surface area contributed by atoms with Crippen LogP contribution in [0.5, 0.6) is 0 Å². The molecule has 0 amide bonds. The van der Waals surface area contributed by atoms with Crippen LogP contribution in [-0.4, -0.2) is 51.0 Å². The second-order valence-corrected chi connectivity index (χ2v) is 6.87. The van der Waals surface area contributed by atoms with Crippen LogP contribution in [0.15, 0.2) is 53.3 Å². The SMILES string of the molecule is Cc1ccccc1CN1CCN(Cn2nnc3ccccc3c2=O)CC1. The Morgan fingerprint density at radius 3 is 2.42 bits per heavy atom. The summed E-state index contributed by atoms with van der Waals surface area (Å²) in [6, 6.07) is 15.9. The molecule has 1 aliphatic rings. The van der Waals surface area contributed by atoms with Crippen molar-refractivity contribution in [1.82, 2.24) is 24.8 Å². The van der Waals surface area contributed by atoms with Crippen LogP contribution in [-0.2, 0) is 13.2 Å². The number of fused-ring (bicyclic) bond motifs is 1. The lowest BCUT2D eigenvalue weighted by atomic mass is 10.1. The number of hydrogen-bond donors (Lipinski definition) is 0. The van der Waals surface area contributed by atoms with Crippen LogP contribution >= 0.6 is 0 Å². The molecule has 0 spiro atoms. The molecule has 0 atom stereocenters. The molecule has 0 bridgehead atoms. The zero-order chi connectivity index (χ0) is 17.9. The van der Waals surface area contributed by atoms with Crippen LogP contribution < -0.4 is 5.56 Å². The first-order valence-corrected chi connectivity index (χ1v) is 9.02. The minimum atomic E-state index is -0.0714. The van der Waals surface area contributed by atoms with Gasteiger partial charge in [0.2, 0.25) is 0 Å². The fourth-order valence-electron chi connectivity index (χ4n) is 3.42. The molecule has 0 saturated carbocycles. The van der Waals surface area contributed by atoms with E-state index in [2.05, 4.69) is 51.3 Å². The maximum Gasteiger partial charge on any atom is 0.278 e. The molecular formula is C20H23N5O. The van der Waals surface area contributed by atoms with Gasteiger partial charge < -0.3 is 0 Å². The minimum Gasteiger partial charge on any atom is -0.297 e. The van der Waals surface area contributed by atoms with Gasteiger partial charge in [-0.25, -0.2) is 0 Å². The summed E-state index contributed by atoms with van der Waals surface area (Å²) in [7, 11) is 0. The van der Waals surface area contributed by atoms with Gasteiger partial charge in [-0.1, -0.05) is 41.6 Å². The average molecular weight is 349 g/mol. The van der Waals surface area contributed by atoms with Crippen LogP contribution in [0.25, 0.3) is 10.9 Å². The summed E-state index contributed by atoms with van der Waals surface area (Å²) in [5.74, 6) is 0. The van der Waals surface area contributed by atoms with Crippen molar-refractivity contribution in [3.8, 4) is 0 Å². The molecule has 2 heterocycles. The molecule has 0 N–H and O–H groups in total. The molecule has 1 aliphatic heterocycles. The predicted octanol–water partition coefficient (Wildman–Crippen LogP) is 1.88. The Bertz CT molecular complexity index is 960. The largest absolute Gasteiger partial charge is 0.297 e. The Labute approximate surface area is 152 Å². The van der Waals surface area contributed by atoms with Crippen LogP contribution in [0, 0.1) is 6.92 Å². The molecule has 0 radical (unpaired) electrons. The maximum atomic E-state index is 12.6. The van der Waals surface area contributed by atoms with Crippen molar-refractivity contribution in [1.29, 1.82) is 0 Å². The number of benzene rings is 2. The van der Waals surface area contributed by atoms with E-state index in [0.29, 0.717) is 17.6 Å². The minimum absolute atomic E-state index is 0.0714. The third kappa shape index (κ3) is 3.52. The number of aromatic nitrogens is 3. The molecule has 3 aromatic rings. The van der Waals surface area contributed by atoms with E-state index < -0.39 is 0 Å². The highest BCUT2D eigenvalue weighted by Gasteiger charge is 2.18. The van der Waals surface area contributed by atoms with E-state index in [-0.39, 0.29) is 5.56 Å². The summed E-state index contributed by atoms with van der Waals surface area (Å²) in [5, 5.41) is 8.89. The topological polar surface area (TPSA) is 54.3 Å². The van der Waals surface area contributed by atoms with Crippen molar-refractivity contribution < 1.29 is 0 Å². The highest BCUT2D eigenvalue weighted by Crippen LogP contribution is 2.12. The van der Waals surface area contributed by atoms with E-state index in [1.54, 1.807) is 0 Å². The molecular weight excluding hydrogens is 326 g/mol. The van der Waals surface area contributed by atoms with E-state index in [4.69, 9.17) is 0 Å². The van der Waals surface area contributed by atoms with Crippen molar-refractivity contribution >= 4 is 10.9 Å². The lowest BCUT2D eigenvalue weighted by molar-refractivity contribution is 0.0960. The number of rotatable bonds is 4. The van der Waals surface area contributed by atoms with Crippen LogP contribution in [0.1, 0.15) is 11.1 Å². The lowest BCUT2D eigenvalue weighted by Gasteiger charge is -2.34. The van der Waals surface area contributed by atoms with Gasteiger partial charge in [0.05, 0.1) is 12.1 Å². The van der Waals surface area contributed by atoms with Crippen molar-refractivity contribution in [2.75, 3.05) is 26.2 Å². The third-order valence-electron chi connectivity index (χ3n) is 5.08. The molecule has 2 aromatic carbocycles. The van der Waals surface area contributed by atoms with Gasteiger partial charge in [-0.2, -0.15) is 4.68 Å². The van der Waals surface area contributed by atoms with Gasteiger partial charge in [-0.15, -0.1) is 5.10 Å². The van der Waals surface area contributed by atoms with Crippen molar-refractivity contribution in [3.05, 3.63) is 70.0 Å². The van der Waals surface area contributed by atoms with E-state index in [1.165, 1.54) is 15.8 Å². The number of nitrogens with zero attached hydrogens (tertiary/aromatic N) is 5. The normalized spacial score (nSPS) is 16.2.